The highest BCUT2D eigenvalue weighted by Crippen LogP contribution is 2.22. The molecule has 0 unspecified atom stereocenters. The van der Waals surface area contributed by atoms with Gasteiger partial charge in [-0.25, -0.2) is 12.8 Å². The highest BCUT2D eigenvalue weighted by Gasteiger charge is 2.35. The van der Waals surface area contributed by atoms with Crippen LogP contribution in [0.15, 0.2) is 29.2 Å². The summed E-state index contributed by atoms with van der Waals surface area (Å²) in [7, 11) is -3.43. The Bertz CT molecular complexity index is 644. The van der Waals surface area contributed by atoms with E-state index < -0.39 is 28.0 Å². The SMILES string of the molecule is CS(=O)(=O)c1cccc(C(=O)N2C[C@@H](F)C[C@@H]2C=O)c1. The van der Waals surface area contributed by atoms with E-state index in [0.29, 0.717) is 6.29 Å². The predicted molar refractivity (Wildman–Crippen MR) is 70.0 cm³/mol. The molecule has 1 fully saturated rings. The molecule has 0 aliphatic carbocycles. The summed E-state index contributed by atoms with van der Waals surface area (Å²) in [6.07, 6.45) is 0.337. The van der Waals surface area contributed by atoms with E-state index in [4.69, 9.17) is 0 Å². The largest absolute Gasteiger partial charge is 0.326 e. The van der Waals surface area contributed by atoms with Crippen molar-refractivity contribution >= 4 is 22.0 Å². The molecule has 0 spiro atoms. The number of nitrogens with zero attached hydrogens (tertiary/aromatic N) is 1. The van der Waals surface area contributed by atoms with Crippen molar-refractivity contribution in [1.29, 1.82) is 0 Å². The minimum absolute atomic E-state index is 0.0129. The third kappa shape index (κ3) is 2.87. The smallest absolute Gasteiger partial charge is 0.254 e. The van der Waals surface area contributed by atoms with Crippen LogP contribution in [0.4, 0.5) is 4.39 Å². The second-order valence-corrected chi connectivity index (χ2v) is 6.81. The van der Waals surface area contributed by atoms with E-state index in [2.05, 4.69) is 0 Å². The molecule has 1 aliphatic heterocycles. The van der Waals surface area contributed by atoms with Crippen molar-refractivity contribution in [3.63, 3.8) is 0 Å². The first-order chi connectivity index (χ1) is 9.32. The van der Waals surface area contributed by atoms with Crippen LogP contribution in [0.2, 0.25) is 0 Å². The lowest BCUT2D eigenvalue weighted by Gasteiger charge is -2.20. The fourth-order valence-electron chi connectivity index (χ4n) is 2.20. The quantitative estimate of drug-likeness (QED) is 0.775. The normalized spacial score (nSPS) is 22.8. The molecule has 2 rings (SSSR count). The van der Waals surface area contributed by atoms with E-state index in [-0.39, 0.29) is 23.4 Å². The van der Waals surface area contributed by atoms with Crippen molar-refractivity contribution in [1.82, 2.24) is 4.90 Å². The highest BCUT2D eigenvalue weighted by atomic mass is 32.2. The van der Waals surface area contributed by atoms with Crippen LogP contribution in [0, 0.1) is 0 Å². The molecule has 0 N–H and O–H groups in total. The number of rotatable bonds is 3. The number of alkyl halides is 1. The van der Waals surface area contributed by atoms with E-state index in [1.807, 2.05) is 0 Å². The molecule has 1 aromatic carbocycles. The fraction of sp³-hybridized carbons (Fsp3) is 0.385. The molecule has 0 bridgehead atoms. The Balaban J connectivity index is 2.32. The van der Waals surface area contributed by atoms with Gasteiger partial charge < -0.3 is 9.69 Å². The molecule has 20 heavy (non-hydrogen) atoms. The third-order valence-corrected chi connectivity index (χ3v) is 4.33. The van der Waals surface area contributed by atoms with Crippen LogP contribution in [0.3, 0.4) is 0 Å². The zero-order valence-electron chi connectivity index (χ0n) is 10.8. The Labute approximate surface area is 116 Å². The first-order valence-electron chi connectivity index (χ1n) is 6.03. The molecule has 1 saturated heterocycles. The Morgan fingerprint density at radius 1 is 1.45 bits per heavy atom. The van der Waals surface area contributed by atoms with E-state index in [9.17, 15) is 22.4 Å². The van der Waals surface area contributed by atoms with E-state index in [1.165, 1.54) is 24.3 Å². The van der Waals surface area contributed by atoms with E-state index in [0.717, 1.165) is 11.2 Å². The average molecular weight is 299 g/mol. The van der Waals surface area contributed by atoms with Crippen molar-refractivity contribution in [2.24, 2.45) is 0 Å². The van der Waals surface area contributed by atoms with Crippen molar-refractivity contribution < 1.29 is 22.4 Å². The van der Waals surface area contributed by atoms with Gasteiger partial charge in [-0.1, -0.05) is 6.07 Å². The van der Waals surface area contributed by atoms with Gasteiger partial charge >= 0.3 is 0 Å². The lowest BCUT2D eigenvalue weighted by molar-refractivity contribution is -0.111. The first kappa shape index (κ1) is 14.6. The lowest BCUT2D eigenvalue weighted by Crippen LogP contribution is -2.36. The van der Waals surface area contributed by atoms with Gasteiger partial charge in [-0.15, -0.1) is 0 Å². The molecule has 1 heterocycles. The van der Waals surface area contributed by atoms with Gasteiger partial charge in [0.05, 0.1) is 17.5 Å². The molecule has 1 aromatic rings. The number of benzene rings is 1. The third-order valence-electron chi connectivity index (χ3n) is 3.22. The number of sulfone groups is 1. The van der Waals surface area contributed by atoms with Crippen molar-refractivity contribution in [2.45, 2.75) is 23.5 Å². The van der Waals surface area contributed by atoms with Crippen LogP contribution in [-0.2, 0) is 14.6 Å². The van der Waals surface area contributed by atoms with Gasteiger partial charge in [0, 0.05) is 18.2 Å². The summed E-state index contributed by atoms with van der Waals surface area (Å²) >= 11 is 0. The van der Waals surface area contributed by atoms with Gasteiger partial charge in [-0.3, -0.25) is 4.79 Å². The molecule has 2 atom stereocenters. The average Bonchev–Trinajstić information content (AvgIpc) is 2.78. The monoisotopic (exact) mass is 299 g/mol. The van der Waals surface area contributed by atoms with Crippen LogP contribution < -0.4 is 0 Å². The molecule has 1 aliphatic rings. The Morgan fingerprint density at radius 2 is 2.15 bits per heavy atom. The van der Waals surface area contributed by atoms with Crippen LogP contribution in [0.1, 0.15) is 16.8 Å². The molecule has 0 saturated carbocycles. The number of likely N-dealkylation sites (tertiary alicyclic amines) is 1. The second-order valence-electron chi connectivity index (χ2n) is 4.79. The Hall–Kier alpha value is -1.76. The van der Waals surface area contributed by atoms with Crippen LogP contribution in [0.25, 0.3) is 0 Å². The molecule has 0 aromatic heterocycles. The van der Waals surface area contributed by atoms with Crippen molar-refractivity contribution in [3.05, 3.63) is 29.8 Å². The van der Waals surface area contributed by atoms with Gasteiger partial charge in [-0.05, 0) is 18.2 Å². The molecule has 1 amide bonds. The maximum absolute atomic E-state index is 13.3. The van der Waals surface area contributed by atoms with Gasteiger partial charge in [0.15, 0.2) is 9.84 Å². The number of hydrogen-bond acceptors (Lipinski definition) is 4. The fourth-order valence-corrected chi connectivity index (χ4v) is 2.87. The summed E-state index contributed by atoms with van der Waals surface area (Å²) in [6, 6.07) is 4.72. The number of hydrogen-bond donors (Lipinski definition) is 0. The van der Waals surface area contributed by atoms with Crippen LogP contribution in [0.5, 0.6) is 0 Å². The zero-order valence-corrected chi connectivity index (χ0v) is 11.6. The number of carbonyl (C=O) groups is 2. The Kier molecular flexibility index (Phi) is 3.89. The molecule has 0 radical (unpaired) electrons. The summed E-state index contributed by atoms with van der Waals surface area (Å²) in [5.74, 6) is -0.534. The number of halogens is 1. The van der Waals surface area contributed by atoms with Gasteiger partial charge in [0.1, 0.15) is 12.5 Å². The topological polar surface area (TPSA) is 71.5 Å². The summed E-state index contributed by atoms with van der Waals surface area (Å²) in [5.41, 5.74) is 0.133. The zero-order chi connectivity index (χ0) is 14.9. The van der Waals surface area contributed by atoms with Gasteiger partial charge in [0.25, 0.3) is 5.91 Å². The molecular weight excluding hydrogens is 285 g/mol. The summed E-state index contributed by atoms with van der Waals surface area (Å²) in [4.78, 5) is 24.3. The van der Waals surface area contributed by atoms with Gasteiger partial charge in [0.2, 0.25) is 0 Å². The van der Waals surface area contributed by atoms with Crippen molar-refractivity contribution in [2.75, 3.05) is 12.8 Å². The highest BCUT2D eigenvalue weighted by molar-refractivity contribution is 7.90. The number of aldehydes is 1. The van der Waals surface area contributed by atoms with Crippen molar-refractivity contribution in [3.8, 4) is 0 Å². The second kappa shape index (κ2) is 5.32. The standard InChI is InChI=1S/C13H14FNO4S/c1-20(18,19)12-4-2-3-9(5-12)13(17)15-7-10(14)6-11(15)8-16/h2-5,8,10-11H,6-7H2,1H3/t10-,11+/m0/s1. The van der Waals surface area contributed by atoms with Crippen LogP contribution >= 0.6 is 0 Å². The first-order valence-corrected chi connectivity index (χ1v) is 7.92. The lowest BCUT2D eigenvalue weighted by atomic mass is 10.2. The minimum Gasteiger partial charge on any atom is -0.326 e. The summed E-state index contributed by atoms with van der Waals surface area (Å²) in [5, 5.41) is 0. The summed E-state index contributed by atoms with van der Waals surface area (Å²) in [6.45, 7) is -0.147. The maximum Gasteiger partial charge on any atom is 0.254 e. The maximum atomic E-state index is 13.3. The van der Waals surface area contributed by atoms with E-state index in [1.54, 1.807) is 0 Å². The molecular formula is C13H14FNO4S. The molecule has 7 heteroatoms. The predicted octanol–water partition coefficient (Wildman–Crippen LogP) is 0.842. The molecule has 5 nitrogen and oxygen atoms in total. The number of amides is 1. The summed E-state index contributed by atoms with van der Waals surface area (Å²) < 4.78 is 36.2. The number of carbonyl (C=O) groups excluding carboxylic acids is 2. The Morgan fingerprint density at radius 3 is 2.75 bits per heavy atom. The molecule has 108 valence electrons. The minimum atomic E-state index is -3.43. The van der Waals surface area contributed by atoms with E-state index >= 15 is 0 Å². The van der Waals surface area contributed by atoms with Crippen LogP contribution in [-0.4, -0.2) is 50.5 Å². The van der Waals surface area contributed by atoms with Gasteiger partial charge in [-0.2, -0.15) is 0 Å².